The van der Waals surface area contributed by atoms with Crippen LogP contribution in [-0.2, 0) is 11.3 Å². The molecule has 0 radical (unpaired) electrons. The van der Waals surface area contributed by atoms with Gasteiger partial charge in [-0.15, -0.1) is 11.3 Å². The molecular formula is C10H14BrNOS. The maximum absolute atomic E-state index is 5.41. The highest BCUT2D eigenvalue weighted by Crippen LogP contribution is 2.19. The lowest BCUT2D eigenvalue weighted by Gasteiger charge is -2.22. The molecule has 1 unspecified atom stereocenters. The maximum Gasteiger partial charge on any atom is 0.0619 e. The Morgan fingerprint density at radius 1 is 1.64 bits per heavy atom. The third-order valence-corrected chi connectivity index (χ3v) is 4.04. The first kappa shape index (κ1) is 10.6. The van der Waals surface area contributed by atoms with E-state index in [-0.39, 0.29) is 0 Å². The Kier molecular flexibility index (Phi) is 3.99. The van der Waals surface area contributed by atoms with Crippen molar-refractivity contribution in [1.82, 2.24) is 5.32 Å². The van der Waals surface area contributed by atoms with Crippen molar-refractivity contribution in [3.63, 3.8) is 0 Å². The summed E-state index contributed by atoms with van der Waals surface area (Å²) < 4.78 is 6.59. The van der Waals surface area contributed by atoms with E-state index in [4.69, 9.17) is 4.74 Å². The van der Waals surface area contributed by atoms with E-state index in [0.717, 1.165) is 19.8 Å². The first-order valence-electron chi connectivity index (χ1n) is 4.88. The molecule has 1 aromatic heterocycles. The molecule has 0 amide bonds. The fourth-order valence-corrected chi connectivity index (χ4v) is 3.00. The minimum atomic E-state index is 0.546. The number of hydrogen-bond acceptors (Lipinski definition) is 3. The highest BCUT2D eigenvalue weighted by atomic mass is 79.9. The minimum Gasteiger partial charge on any atom is -0.380 e. The van der Waals surface area contributed by atoms with Crippen molar-refractivity contribution in [3.05, 3.63) is 20.8 Å². The third kappa shape index (κ3) is 3.05. The topological polar surface area (TPSA) is 21.3 Å². The molecule has 4 heteroatoms. The molecule has 78 valence electrons. The summed E-state index contributed by atoms with van der Waals surface area (Å²) in [4.78, 5) is 1.38. The second-order valence-electron chi connectivity index (χ2n) is 3.53. The molecule has 1 atom stereocenters. The Labute approximate surface area is 96.8 Å². The van der Waals surface area contributed by atoms with Gasteiger partial charge in [0.25, 0.3) is 0 Å². The number of ether oxygens (including phenoxy) is 1. The molecular weight excluding hydrogens is 262 g/mol. The monoisotopic (exact) mass is 275 g/mol. The van der Waals surface area contributed by atoms with Crippen LogP contribution in [0.4, 0.5) is 0 Å². The van der Waals surface area contributed by atoms with E-state index < -0.39 is 0 Å². The smallest absolute Gasteiger partial charge is 0.0619 e. The van der Waals surface area contributed by atoms with E-state index in [2.05, 4.69) is 32.7 Å². The molecule has 0 saturated carbocycles. The van der Waals surface area contributed by atoms with Crippen LogP contribution in [0.5, 0.6) is 0 Å². The zero-order chi connectivity index (χ0) is 9.80. The van der Waals surface area contributed by atoms with Crippen molar-refractivity contribution < 1.29 is 4.74 Å². The Hall–Kier alpha value is 0.1000. The van der Waals surface area contributed by atoms with E-state index in [0.29, 0.717) is 6.04 Å². The van der Waals surface area contributed by atoms with Gasteiger partial charge in [-0.1, -0.05) is 0 Å². The lowest BCUT2D eigenvalue weighted by Crippen LogP contribution is -2.36. The van der Waals surface area contributed by atoms with Gasteiger partial charge in [-0.05, 0) is 34.8 Å². The molecule has 0 aliphatic carbocycles. The van der Waals surface area contributed by atoms with Crippen LogP contribution in [0.3, 0.4) is 0 Å². The van der Waals surface area contributed by atoms with Gasteiger partial charge in [0.15, 0.2) is 0 Å². The average molecular weight is 276 g/mol. The molecule has 2 rings (SSSR count). The number of thiophene rings is 1. The second-order valence-corrected chi connectivity index (χ2v) is 5.44. The average Bonchev–Trinajstić information content (AvgIpc) is 2.63. The number of hydrogen-bond donors (Lipinski definition) is 1. The van der Waals surface area contributed by atoms with Crippen molar-refractivity contribution in [3.8, 4) is 0 Å². The molecule has 0 bridgehead atoms. The highest BCUT2D eigenvalue weighted by Gasteiger charge is 2.12. The maximum atomic E-state index is 5.41. The van der Waals surface area contributed by atoms with Crippen LogP contribution in [0, 0.1) is 0 Å². The van der Waals surface area contributed by atoms with Gasteiger partial charge in [-0.3, -0.25) is 0 Å². The van der Waals surface area contributed by atoms with Crippen LogP contribution in [0.15, 0.2) is 15.9 Å². The summed E-state index contributed by atoms with van der Waals surface area (Å²) in [6.45, 7) is 2.76. The largest absolute Gasteiger partial charge is 0.380 e. The van der Waals surface area contributed by atoms with Crippen molar-refractivity contribution in [2.75, 3.05) is 13.2 Å². The summed E-state index contributed by atoms with van der Waals surface area (Å²) in [5.74, 6) is 0. The van der Waals surface area contributed by atoms with E-state index in [9.17, 15) is 0 Å². The molecule has 0 spiro atoms. The molecule has 2 nitrogen and oxygen atoms in total. The van der Waals surface area contributed by atoms with E-state index in [1.165, 1.54) is 22.2 Å². The molecule has 1 fully saturated rings. The van der Waals surface area contributed by atoms with Crippen molar-refractivity contribution in [2.45, 2.75) is 25.4 Å². The fourth-order valence-electron chi connectivity index (χ4n) is 1.59. The van der Waals surface area contributed by atoms with E-state index in [1.54, 1.807) is 11.3 Å². The van der Waals surface area contributed by atoms with E-state index >= 15 is 0 Å². The van der Waals surface area contributed by atoms with Gasteiger partial charge < -0.3 is 10.1 Å². The summed E-state index contributed by atoms with van der Waals surface area (Å²) >= 11 is 5.24. The quantitative estimate of drug-likeness (QED) is 0.916. The summed E-state index contributed by atoms with van der Waals surface area (Å²) in [5.41, 5.74) is 0. The SMILES string of the molecule is Brc1csc(CNC2CCCOC2)c1. The van der Waals surface area contributed by atoms with Gasteiger partial charge in [-0.2, -0.15) is 0 Å². The Balaban J connectivity index is 1.76. The van der Waals surface area contributed by atoms with Crippen LogP contribution >= 0.6 is 27.3 Å². The summed E-state index contributed by atoms with van der Waals surface area (Å²) in [7, 11) is 0. The lowest BCUT2D eigenvalue weighted by molar-refractivity contribution is 0.0700. The molecule has 1 N–H and O–H groups in total. The van der Waals surface area contributed by atoms with Crippen LogP contribution in [0.1, 0.15) is 17.7 Å². The second kappa shape index (κ2) is 5.26. The van der Waals surface area contributed by atoms with Gasteiger partial charge in [-0.25, -0.2) is 0 Å². The minimum absolute atomic E-state index is 0.546. The normalized spacial score (nSPS) is 22.5. The fraction of sp³-hybridized carbons (Fsp3) is 0.600. The molecule has 1 aliphatic heterocycles. The van der Waals surface area contributed by atoms with Gasteiger partial charge in [0.1, 0.15) is 0 Å². The van der Waals surface area contributed by atoms with Gasteiger partial charge >= 0.3 is 0 Å². The molecule has 1 saturated heterocycles. The molecule has 1 aromatic rings. The van der Waals surface area contributed by atoms with Crippen molar-refractivity contribution >= 4 is 27.3 Å². The predicted molar refractivity (Wildman–Crippen MR) is 62.7 cm³/mol. The zero-order valence-corrected chi connectivity index (χ0v) is 10.4. The first-order valence-corrected chi connectivity index (χ1v) is 6.56. The van der Waals surface area contributed by atoms with Crippen molar-refractivity contribution in [1.29, 1.82) is 0 Å². The van der Waals surface area contributed by atoms with Crippen LogP contribution in [0.2, 0.25) is 0 Å². The lowest BCUT2D eigenvalue weighted by atomic mass is 10.1. The van der Waals surface area contributed by atoms with Crippen LogP contribution in [0.25, 0.3) is 0 Å². The third-order valence-electron chi connectivity index (χ3n) is 2.35. The first-order chi connectivity index (χ1) is 6.84. The Morgan fingerprint density at radius 3 is 3.21 bits per heavy atom. The molecule has 1 aliphatic rings. The van der Waals surface area contributed by atoms with Gasteiger partial charge in [0.05, 0.1) is 6.61 Å². The molecule has 2 heterocycles. The molecule has 14 heavy (non-hydrogen) atoms. The van der Waals surface area contributed by atoms with Crippen molar-refractivity contribution in [2.24, 2.45) is 0 Å². The molecule has 0 aromatic carbocycles. The van der Waals surface area contributed by atoms with Gasteiger partial charge in [0, 0.05) is 33.9 Å². The predicted octanol–water partition coefficient (Wildman–Crippen LogP) is 2.78. The Bertz CT molecular complexity index is 283. The number of halogens is 1. The zero-order valence-electron chi connectivity index (χ0n) is 7.96. The highest BCUT2D eigenvalue weighted by molar-refractivity contribution is 9.10. The summed E-state index contributed by atoms with van der Waals surface area (Å²) in [6.07, 6.45) is 2.43. The van der Waals surface area contributed by atoms with Gasteiger partial charge in [0.2, 0.25) is 0 Å². The van der Waals surface area contributed by atoms with Crippen LogP contribution in [-0.4, -0.2) is 19.3 Å². The number of nitrogens with one attached hydrogen (secondary N) is 1. The summed E-state index contributed by atoms with van der Waals surface area (Å²) in [5, 5.41) is 5.64. The summed E-state index contributed by atoms with van der Waals surface area (Å²) in [6, 6.07) is 2.71. The van der Waals surface area contributed by atoms with Crippen LogP contribution < -0.4 is 5.32 Å². The standard InChI is InChI=1S/C10H14BrNOS/c11-8-4-10(14-7-8)5-12-9-2-1-3-13-6-9/h4,7,9,12H,1-3,5-6H2. The Morgan fingerprint density at radius 2 is 2.57 bits per heavy atom. The van der Waals surface area contributed by atoms with E-state index in [1.807, 2.05) is 0 Å². The number of rotatable bonds is 3.